The number of nitrogens with zero attached hydrogens (tertiary/aromatic N) is 1. The number of nitrogens with two attached hydrogens (primary N) is 1. The van der Waals surface area contributed by atoms with Crippen LogP contribution in [0.5, 0.6) is 0 Å². The second-order valence-electron chi connectivity index (χ2n) is 4.99. The SMILES string of the molecule is CC1CCC(CN(C)c2ccc(C(=N)N)cc2)O1. The van der Waals surface area contributed by atoms with Crippen LogP contribution >= 0.6 is 0 Å². The smallest absolute Gasteiger partial charge is 0.122 e. The monoisotopic (exact) mass is 247 g/mol. The van der Waals surface area contributed by atoms with Gasteiger partial charge >= 0.3 is 0 Å². The van der Waals surface area contributed by atoms with Crippen LogP contribution in [0, 0.1) is 5.41 Å². The Labute approximate surface area is 108 Å². The van der Waals surface area contributed by atoms with E-state index in [4.69, 9.17) is 15.9 Å². The molecule has 98 valence electrons. The normalized spacial score (nSPS) is 23.0. The van der Waals surface area contributed by atoms with Crippen LogP contribution in [-0.4, -0.2) is 31.6 Å². The molecule has 0 bridgehead atoms. The molecule has 3 N–H and O–H groups in total. The molecule has 18 heavy (non-hydrogen) atoms. The zero-order valence-corrected chi connectivity index (χ0v) is 11.0. The van der Waals surface area contributed by atoms with E-state index in [0.717, 1.165) is 30.6 Å². The zero-order chi connectivity index (χ0) is 13.1. The van der Waals surface area contributed by atoms with E-state index < -0.39 is 0 Å². The maximum Gasteiger partial charge on any atom is 0.122 e. The van der Waals surface area contributed by atoms with Crippen molar-refractivity contribution in [2.45, 2.75) is 32.0 Å². The summed E-state index contributed by atoms with van der Waals surface area (Å²) >= 11 is 0. The van der Waals surface area contributed by atoms with Crippen LogP contribution in [0.1, 0.15) is 25.3 Å². The number of hydrogen-bond acceptors (Lipinski definition) is 3. The van der Waals surface area contributed by atoms with Crippen molar-refractivity contribution < 1.29 is 4.74 Å². The summed E-state index contributed by atoms with van der Waals surface area (Å²) in [5, 5.41) is 7.36. The molecule has 4 heteroatoms. The van der Waals surface area contributed by atoms with Crippen LogP contribution in [0.2, 0.25) is 0 Å². The van der Waals surface area contributed by atoms with Crippen molar-refractivity contribution in [3.63, 3.8) is 0 Å². The summed E-state index contributed by atoms with van der Waals surface area (Å²) in [7, 11) is 2.06. The summed E-state index contributed by atoms with van der Waals surface area (Å²) in [4.78, 5) is 2.19. The molecular weight excluding hydrogens is 226 g/mol. The molecule has 1 heterocycles. The maximum atomic E-state index is 7.36. The van der Waals surface area contributed by atoms with Gasteiger partial charge in [0.1, 0.15) is 5.84 Å². The first-order valence-corrected chi connectivity index (χ1v) is 6.37. The Morgan fingerprint density at radius 2 is 2.06 bits per heavy atom. The Kier molecular flexibility index (Phi) is 3.87. The Morgan fingerprint density at radius 3 is 2.56 bits per heavy atom. The maximum absolute atomic E-state index is 7.36. The van der Waals surface area contributed by atoms with Crippen molar-refractivity contribution in [3.05, 3.63) is 29.8 Å². The Morgan fingerprint density at radius 1 is 1.39 bits per heavy atom. The van der Waals surface area contributed by atoms with Crippen LogP contribution in [0.25, 0.3) is 0 Å². The van der Waals surface area contributed by atoms with Crippen LogP contribution in [-0.2, 0) is 4.74 Å². The van der Waals surface area contributed by atoms with E-state index in [2.05, 4.69) is 18.9 Å². The number of nitrogens with one attached hydrogen (secondary N) is 1. The minimum Gasteiger partial charge on any atom is -0.384 e. The summed E-state index contributed by atoms with van der Waals surface area (Å²) in [6.07, 6.45) is 3.01. The van der Waals surface area contributed by atoms with Crippen LogP contribution in [0.4, 0.5) is 5.69 Å². The third-order valence-corrected chi connectivity index (χ3v) is 3.42. The van der Waals surface area contributed by atoms with Crippen LogP contribution in [0.3, 0.4) is 0 Å². The van der Waals surface area contributed by atoms with E-state index in [-0.39, 0.29) is 5.84 Å². The summed E-state index contributed by atoms with van der Waals surface area (Å²) in [5.74, 6) is 0.108. The second-order valence-corrected chi connectivity index (χ2v) is 4.99. The topological polar surface area (TPSA) is 62.3 Å². The fourth-order valence-corrected chi connectivity index (χ4v) is 2.33. The fraction of sp³-hybridized carbons (Fsp3) is 0.500. The van der Waals surface area contributed by atoms with Crippen LogP contribution < -0.4 is 10.6 Å². The van der Waals surface area contributed by atoms with E-state index in [1.165, 1.54) is 0 Å². The van der Waals surface area contributed by atoms with Crippen molar-refractivity contribution in [2.75, 3.05) is 18.5 Å². The number of nitrogen functional groups attached to an aromatic ring is 1. The quantitative estimate of drug-likeness (QED) is 0.631. The molecule has 1 aromatic rings. The lowest BCUT2D eigenvalue weighted by Crippen LogP contribution is -2.29. The molecular formula is C14H21N3O. The summed E-state index contributed by atoms with van der Waals surface area (Å²) < 4.78 is 5.82. The van der Waals surface area contributed by atoms with Gasteiger partial charge in [0.2, 0.25) is 0 Å². The first-order chi connectivity index (χ1) is 8.56. The van der Waals surface area contributed by atoms with Crippen molar-refractivity contribution in [3.8, 4) is 0 Å². The number of amidine groups is 1. The van der Waals surface area contributed by atoms with Gasteiger partial charge < -0.3 is 15.4 Å². The third-order valence-electron chi connectivity index (χ3n) is 3.42. The van der Waals surface area contributed by atoms with Crippen LogP contribution in [0.15, 0.2) is 24.3 Å². The highest BCUT2D eigenvalue weighted by Crippen LogP contribution is 2.22. The van der Waals surface area contributed by atoms with Crippen molar-refractivity contribution in [2.24, 2.45) is 5.73 Å². The predicted octanol–water partition coefficient (Wildman–Crippen LogP) is 1.97. The molecule has 0 saturated carbocycles. The molecule has 1 aliphatic rings. The summed E-state index contributed by atoms with van der Waals surface area (Å²) in [6.45, 7) is 3.03. The van der Waals surface area contributed by atoms with Gasteiger partial charge in [0, 0.05) is 24.8 Å². The standard InChI is InChI=1S/C14H21N3O/c1-10-3-8-13(18-10)9-17(2)12-6-4-11(5-7-12)14(15)16/h4-7,10,13H,3,8-9H2,1-2H3,(H3,15,16). The van der Waals surface area contributed by atoms with Gasteiger partial charge in [-0.1, -0.05) is 0 Å². The highest BCUT2D eigenvalue weighted by atomic mass is 16.5. The molecule has 1 aromatic carbocycles. The number of hydrogen-bond donors (Lipinski definition) is 2. The fourth-order valence-electron chi connectivity index (χ4n) is 2.33. The van der Waals surface area contributed by atoms with E-state index >= 15 is 0 Å². The van der Waals surface area contributed by atoms with Gasteiger partial charge in [-0.2, -0.15) is 0 Å². The lowest BCUT2D eigenvalue weighted by molar-refractivity contribution is 0.0606. The molecule has 4 nitrogen and oxygen atoms in total. The number of likely N-dealkylation sites (N-methyl/N-ethyl adjacent to an activating group) is 1. The average molecular weight is 247 g/mol. The molecule has 2 rings (SSSR count). The summed E-state index contributed by atoms with van der Waals surface area (Å²) in [6, 6.07) is 7.75. The van der Waals surface area contributed by atoms with Gasteiger partial charge in [0.05, 0.1) is 12.2 Å². The first-order valence-electron chi connectivity index (χ1n) is 6.37. The molecule has 0 radical (unpaired) electrons. The lowest BCUT2D eigenvalue weighted by Gasteiger charge is -2.23. The molecule has 0 spiro atoms. The highest BCUT2D eigenvalue weighted by molar-refractivity contribution is 5.95. The Hall–Kier alpha value is -1.55. The largest absolute Gasteiger partial charge is 0.384 e. The minimum absolute atomic E-state index is 0.108. The minimum atomic E-state index is 0.108. The molecule has 1 fully saturated rings. The molecule has 2 unspecified atom stereocenters. The van der Waals surface area contributed by atoms with Gasteiger partial charge in [-0.25, -0.2) is 0 Å². The molecule has 1 saturated heterocycles. The zero-order valence-electron chi connectivity index (χ0n) is 11.0. The highest BCUT2D eigenvalue weighted by Gasteiger charge is 2.22. The average Bonchev–Trinajstić information content (AvgIpc) is 2.75. The third kappa shape index (κ3) is 3.01. The van der Waals surface area contributed by atoms with Gasteiger partial charge in [0.25, 0.3) is 0 Å². The van der Waals surface area contributed by atoms with Gasteiger partial charge in [-0.05, 0) is 44.0 Å². The van der Waals surface area contributed by atoms with Crippen molar-refractivity contribution in [1.29, 1.82) is 5.41 Å². The second kappa shape index (κ2) is 5.40. The summed E-state index contributed by atoms with van der Waals surface area (Å²) in [5.41, 5.74) is 7.33. The molecule has 1 aliphatic heterocycles. The van der Waals surface area contributed by atoms with E-state index in [1.807, 2.05) is 24.3 Å². The van der Waals surface area contributed by atoms with E-state index in [1.54, 1.807) is 0 Å². The van der Waals surface area contributed by atoms with E-state index in [9.17, 15) is 0 Å². The van der Waals surface area contributed by atoms with Gasteiger partial charge in [-0.3, -0.25) is 5.41 Å². The Balaban J connectivity index is 1.96. The van der Waals surface area contributed by atoms with Gasteiger partial charge in [-0.15, -0.1) is 0 Å². The number of ether oxygens (including phenoxy) is 1. The predicted molar refractivity (Wildman–Crippen MR) is 74.3 cm³/mol. The number of rotatable bonds is 4. The molecule has 0 aliphatic carbocycles. The molecule has 0 aromatic heterocycles. The number of benzene rings is 1. The van der Waals surface area contributed by atoms with E-state index in [0.29, 0.717) is 12.2 Å². The molecule has 2 atom stereocenters. The van der Waals surface area contributed by atoms with Crippen molar-refractivity contribution >= 4 is 11.5 Å². The van der Waals surface area contributed by atoms with Gasteiger partial charge in [0.15, 0.2) is 0 Å². The number of anilines is 1. The molecule has 0 amide bonds. The lowest BCUT2D eigenvalue weighted by atomic mass is 10.1. The Bertz CT molecular complexity index is 416. The first kappa shape index (κ1) is 12.9. The van der Waals surface area contributed by atoms with Crippen molar-refractivity contribution in [1.82, 2.24) is 0 Å².